The van der Waals surface area contributed by atoms with Crippen molar-refractivity contribution < 1.29 is 7.54 Å². The van der Waals surface area contributed by atoms with Gasteiger partial charge in [0.25, 0.3) is 0 Å². The second kappa shape index (κ2) is 2.13. The lowest BCUT2D eigenvalue weighted by Gasteiger charge is -2.27. The summed E-state index contributed by atoms with van der Waals surface area (Å²) < 4.78 is 15.0. The molecule has 1 fully saturated rings. The maximum absolute atomic E-state index is 11.0. The fraction of sp³-hybridized carbons (Fsp3) is 0.875. The molecule has 0 aromatic heterocycles. The molecule has 0 spiro atoms. The first-order chi connectivity index (χ1) is 4.95. The van der Waals surface area contributed by atoms with E-state index in [4.69, 9.17) is 2.74 Å². The first-order valence-corrected chi connectivity index (χ1v) is 3.32. The third-order valence-corrected chi connectivity index (χ3v) is 1.74. The van der Waals surface area contributed by atoms with Crippen LogP contribution >= 0.6 is 0 Å². The fourth-order valence-corrected chi connectivity index (χ4v) is 0.931. The minimum absolute atomic E-state index is 0.0654. The van der Waals surface area contributed by atoms with Crippen molar-refractivity contribution in [1.29, 1.82) is 0 Å². The lowest BCUT2D eigenvalue weighted by molar-refractivity contribution is -0.121. The van der Waals surface area contributed by atoms with Gasteiger partial charge in [-0.1, -0.05) is 13.8 Å². The summed E-state index contributed by atoms with van der Waals surface area (Å²) in [6, 6.07) is 0. The highest BCUT2D eigenvalue weighted by molar-refractivity contribution is 5.79. The molecule has 0 saturated heterocycles. The summed E-state index contributed by atoms with van der Waals surface area (Å²) in [7, 11) is 0. The number of Topliss-reactive ketones (excluding diaryl/α,β-unsaturated/α-hetero) is 1. The molecule has 0 N–H and O–H groups in total. The average molecular weight is 128 g/mol. The number of hydrogen-bond donors (Lipinski definition) is 0. The predicted octanol–water partition coefficient (Wildman–Crippen LogP) is 2.16. The molecule has 0 aromatic carbocycles. The Hall–Kier alpha value is -0.330. The molecule has 1 rings (SSSR count). The molecule has 1 saturated carbocycles. The van der Waals surface area contributed by atoms with Crippen LogP contribution in [-0.2, 0) is 4.79 Å². The molecule has 0 radical (unpaired) electrons. The van der Waals surface area contributed by atoms with Crippen LogP contribution < -0.4 is 0 Å². The van der Waals surface area contributed by atoms with Gasteiger partial charge in [0, 0.05) is 15.6 Å². The molecule has 0 heterocycles. The van der Waals surface area contributed by atoms with Crippen molar-refractivity contribution in [3.63, 3.8) is 0 Å². The van der Waals surface area contributed by atoms with Gasteiger partial charge < -0.3 is 0 Å². The molecule has 0 aromatic rings. The molecular formula is C8H14O. The Morgan fingerprint density at radius 3 is 2.89 bits per heavy atom. The minimum atomic E-state index is -0.807. The van der Waals surface area contributed by atoms with Gasteiger partial charge in [-0.05, 0) is 18.2 Å². The molecule has 0 amide bonds. The molecule has 2 atom stereocenters. The van der Waals surface area contributed by atoms with E-state index in [1.165, 1.54) is 0 Å². The quantitative estimate of drug-likeness (QED) is 0.488. The van der Waals surface area contributed by atoms with Gasteiger partial charge in [-0.2, -0.15) is 0 Å². The van der Waals surface area contributed by atoms with Gasteiger partial charge in [-0.15, -0.1) is 0 Å². The summed E-state index contributed by atoms with van der Waals surface area (Å²) in [5.41, 5.74) is -0.152. The zero-order valence-corrected chi connectivity index (χ0v) is 5.98. The summed E-state index contributed by atoms with van der Waals surface area (Å²) in [6.07, 6.45) is -0.103. The number of ketones is 1. The molecular weight excluding hydrogens is 112 g/mol. The van der Waals surface area contributed by atoms with Crippen LogP contribution in [0.25, 0.3) is 0 Å². The predicted molar refractivity (Wildman–Crippen MR) is 37.3 cm³/mol. The SMILES string of the molecule is [2H]C1C(=O)CCC(C)(C)C1[2H]. The zero-order valence-electron chi connectivity index (χ0n) is 7.98. The Labute approximate surface area is 59.3 Å². The summed E-state index contributed by atoms with van der Waals surface area (Å²) in [4.78, 5) is 11.0. The fourth-order valence-electron chi connectivity index (χ4n) is 0.931. The summed E-state index contributed by atoms with van der Waals surface area (Å²) in [5.74, 6) is -0.0654. The van der Waals surface area contributed by atoms with Gasteiger partial charge in [0.1, 0.15) is 5.78 Å². The number of rotatable bonds is 0. The molecule has 1 aliphatic rings. The van der Waals surface area contributed by atoms with Gasteiger partial charge in [0.15, 0.2) is 0 Å². The van der Waals surface area contributed by atoms with Gasteiger partial charge in [-0.3, -0.25) is 4.79 Å². The number of carbonyl (C=O) groups excluding carboxylic acids is 1. The van der Waals surface area contributed by atoms with Crippen LogP contribution in [0.1, 0.15) is 42.2 Å². The van der Waals surface area contributed by atoms with Crippen molar-refractivity contribution in [3.8, 4) is 0 Å². The van der Waals surface area contributed by atoms with Gasteiger partial charge in [0.05, 0.1) is 0 Å². The van der Waals surface area contributed by atoms with Crippen LogP contribution in [-0.4, -0.2) is 5.78 Å². The van der Waals surface area contributed by atoms with Crippen molar-refractivity contribution in [3.05, 3.63) is 0 Å². The smallest absolute Gasteiger partial charge is 0.132 e. The first-order valence-electron chi connectivity index (χ1n) is 4.48. The van der Waals surface area contributed by atoms with Crippen LogP contribution in [0, 0.1) is 5.41 Å². The molecule has 2 unspecified atom stereocenters. The Balaban J connectivity index is 2.75. The van der Waals surface area contributed by atoms with Gasteiger partial charge in [-0.25, -0.2) is 0 Å². The van der Waals surface area contributed by atoms with E-state index in [0.29, 0.717) is 6.42 Å². The standard InChI is InChI=1S/C8H14O/c1-8(2)5-3-7(9)4-6-8/h3-6H2,1-2H3/i3D,5D. The average Bonchev–Trinajstić information content (AvgIpc) is 1.95. The van der Waals surface area contributed by atoms with Crippen molar-refractivity contribution in [2.75, 3.05) is 0 Å². The van der Waals surface area contributed by atoms with Crippen molar-refractivity contribution >= 4 is 5.78 Å². The van der Waals surface area contributed by atoms with Crippen molar-refractivity contribution in [1.82, 2.24) is 0 Å². The Morgan fingerprint density at radius 1 is 1.67 bits per heavy atom. The Kier molecular flexibility index (Phi) is 1.06. The molecule has 0 bridgehead atoms. The third kappa shape index (κ3) is 1.81. The number of carbonyl (C=O) groups is 1. The largest absolute Gasteiger partial charge is 0.300 e. The van der Waals surface area contributed by atoms with Crippen molar-refractivity contribution in [2.24, 2.45) is 5.41 Å². The molecule has 52 valence electrons. The van der Waals surface area contributed by atoms with Gasteiger partial charge in [0.2, 0.25) is 0 Å². The summed E-state index contributed by atoms with van der Waals surface area (Å²) in [6.45, 7) is 3.91. The summed E-state index contributed by atoms with van der Waals surface area (Å²) >= 11 is 0. The highest BCUT2D eigenvalue weighted by Gasteiger charge is 2.24. The maximum Gasteiger partial charge on any atom is 0.132 e. The van der Waals surface area contributed by atoms with Gasteiger partial charge >= 0.3 is 0 Å². The lowest BCUT2D eigenvalue weighted by Crippen LogP contribution is -2.20. The highest BCUT2D eigenvalue weighted by Crippen LogP contribution is 2.32. The summed E-state index contributed by atoms with van der Waals surface area (Å²) in [5, 5.41) is 0. The normalized spacial score (nSPS) is 45.8. The molecule has 1 nitrogen and oxygen atoms in total. The van der Waals surface area contributed by atoms with Crippen LogP contribution in [0.15, 0.2) is 0 Å². The Bertz CT molecular complexity index is 177. The first kappa shape index (κ1) is 4.48. The second-order valence-corrected chi connectivity index (χ2v) is 3.29. The molecule has 0 aliphatic heterocycles. The van der Waals surface area contributed by atoms with E-state index >= 15 is 0 Å². The van der Waals surface area contributed by atoms with E-state index in [1.807, 2.05) is 13.8 Å². The molecule has 1 aliphatic carbocycles. The monoisotopic (exact) mass is 128 g/mol. The lowest BCUT2D eigenvalue weighted by atomic mass is 9.77. The number of hydrogen-bond acceptors (Lipinski definition) is 1. The zero-order chi connectivity index (χ0) is 8.65. The molecule has 1 heteroatoms. The van der Waals surface area contributed by atoms with E-state index in [-0.39, 0.29) is 11.2 Å². The highest BCUT2D eigenvalue weighted by atomic mass is 16.1. The topological polar surface area (TPSA) is 17.1 Å². The Morgan fingerprint density at radius 2 is 2.33 bits per heavy atom. The third-order valence-electron chi connectivity index (χ3n) is 1.74. The minimum Gasteiger partial charge on any atom is -0.300 e. The van der Waals surface area contributed by atoms with Crippen LogP contribution in [0.5, 0.6) is 0 Å². The van der Waals surface area contributed by atoms with Crippen LogP contribution in [0.3, 0.4) is 0 Å². The van der Waals surface area contributed by atoms with Crippen LogP contribution in [0.2, 0.25) is 0 Å². The van der Waals surface area contributed by atoms with E-state index in [2.05, 4.69) is 0 Å². The van der Waals surface area contributed by atoms with E-state index in [9.17, 15) is 4.79 Å². The van der Waals surface area contributed by atoms with E-state index in [1.54, 1.807) is 0 Å². The molecule has 9 heavy (non-hydrogen) atoms. The van der Waals surface area contributed by atoms with Crippen molar-refractivity contribution in [2.45, 2.75) is 39.5 Å². The van der Waals surface area contributed by atoms with E-state index < -0.39 is 12.8 Å². The van der Waals surface area contributed by atoms with Crippen LogP contribution in [0.4, 0.5) is 0 Å². The van der Waals surface area contributed by atoms with E-state index in [0.717, 1.165) is 6.42 Å². The maximum atomic E-state index is 11.0. The second-order valence-electron chi connectivity index (χ2n) is 3.29.